The van der Waals surface area contributed by atoms with Crippen LogP contribution in [0.5, 0.6) is 0 Å². The van der Waals surface area contributed by atoms with Gasteiger partial charge in [0.25, 0.3) is 0 Å². The molecule has 0 aromatic carbocycles. The van der Waals surface area contributed by atoms with E-state index in [4.69, 9.17) is 0 Å². The number of likely N-dealkylation sites (tertiary alicyclic amines) is 1. The first-order valence-electron chi connectivity index (χ1n) is 8.51. The predicted molar refractivity (Wildman–Crippen MR) is 105 cm³/mol. The molecular weight excluding hydrogens is 405 g/mol. The summed E-state index contributed by atoms with van der Waals surface area (Å²) in [5.41, 5.74) is 0. The highest BCUT2D eigenvalue weighted by Gasteiger charge is 2.30. The zero-order valence-electron chi connectivity index (χ0n) is 14.7. The fraction of sp³-hybridized carbons (Fsp3) is 0.875. The molecule has 0 aromatic heterocycles. The average molecular weight is 437 g/mol. The highest BCUT2D eigenvalue weighted by molar-refractivity contribution is 14.0. The summed E-state index contributed by atoms with van der Waals surface area (Å²) in [6.45, 7) is 2.93. The Morgan fingerprint density at radius 3 is 2.57 bits per heavy atom. The second-order valence-electron chi connectivity index (χ2n) is 6.60. The molecule has 0 bridgehead atoms. The molecule has 2 aliphatic rings. The van der Waals surface area contributed by atoms with Gasteiger partial charge < -0.3 is 15.5 Å². The standard InChI is InChI=1S/C16H31N5O.HI/c1-17-16(18-10-8-15(22)20(2)3)19-13-9-11-21(12-13)14-6-4-5-7-14;/h13-14H,4-12H2,1-3H3,(H2,17,18,19);1H. The minimum Gasteiger partial charge on any atom is -0.356 e. The lowest BCUT2D eigenvalue weighted by Gasteiger charge is -2.24. The number of halogens is 1. The molecule has 1 aliphatic carbocycles. The van der Waals surface area contributed by atoms with E-state index in [9.17, 15) is 4.79 Å². The molecule has 1 heterocycles. The topological polar surface area (TPSA) is 60.0 Å². The molecule has 134 valence electrons. The van der Waals surface area contributed by atoms with Crippen LogP contribution in [0.25, 0.3) is 0 Å². The molecule has 2 fully saturated rings. The predicted octanol–water partition coefficient (Wildman–Crippen LogP) is 1.26. The third kappa shape index (κ3) is 6.45. The second-order valence-corrected chi connectivity index (χ2v) is 6.60. The van der Waals surface area contributed by atoms with Crippen LogP contribution in [0, 0.1) is 0 Å². The van der Waals surface area contributed by atoms with Crippen LogP contribution in [0.15, 0.2) is 4.99 Å². The molecule has 2 rings (SSSR count). The molecule has 1 amide bonds. The molecule has 1 aliphatic heterocycles. The Bertz CT molecular complexity index is 396. The SMILES string of the molecule is CN=C(NCCC(=O)N(C)C)NC1CCN(C2CCCC2)C1.I. The van der Waals surface area contributed by atoms with E-state index >= 15 is 0 Å². The molecule has 7 heteroatoms. The summed E-state index contributed by atoms with van der Waals surface area (Å²) in [7, 11) is 5.35. The van der Waals surface area contributed by atoms with E-state index in [1.165, 1.54) is 38.6 Å². The maximum Gasteiger partial charge on any atom is 0.223 e. The molecule has 1 unspecified atom stereocenters. The van der Waals surface area contributed by atoms with Gasteiger partial charge in [-0.25, -0.2) is 0 Å². The fourth-order valence-corrected chi connectivity index (χ4v) is 3.41. The lowest BCUT2D eigenvalue weighted by molar-refractivity contribution is -0.128. The number of carbonyl (C=O) groups excluding carboxylic acids is 1. The zero-order valence-corrected chi connectivity index (χ0v) is 17.0. The van der Waals surface area contributed by atoms with Gasteiger partial charge in [0.05, 0.1) is 0 Å². The minimum atomic E-state index is 0. The molecule has 0 aromatic rings. The highest BCUT2D eigenvalue weighted by atomic mass is 127. The normalized spacial score (nSPS) is 22.7. The maximum atomic E-state index is 11.6. The van der Waals surface area contributed by atoms with Gasteiger partial charge >= 0.3 is 0 Å². The van der Waals surface area contributed by atoms with E-state index in [2.05, 4.69) is 20.5 Å². The van der Waals surface area contributed by atoms with E-state index in [0.717, 1.165) is 18.5 Å². The zero-order chi connectivity index (χ0) is 15.9. The lowest BCUT2D eigenvalue weighted by atomic mass is 10.2. The molecule has 6 nitrogen and oxygen atoms in total. The summed E-state index contributed by atoms with van der Waals surface area (Å²) in [6, 6.07) is 1.27. The van der Waals surface area contributed by atoms with E-state index in [1.807, 2.05) is 0 Å². The number of hydrogen-bond donors (Lipinski definition) is 2. The van der Waals surface area contributed by atoms with Crippen LogP contribution in [0.1, 0.15) is 38.5 Å². The van der Waals surface area contributed by atoms with Gasteiger partial charge in [0, 0.05) is 59.3 Å². The molecule has 0 radical (unpaired) electrons. The Morgan fingerprint density at radius 2 is 1.96 bits per heavy atom. The summed E-state index contributed by atoms with van der Waals surface area (Å²) >= 11 is 0. The van der Waals surface area contributed by atoms with Gasteiger partial charge in [0.2, 0.25) is 5.91 Å². The Hall–Kier alpha value is -0.570. The summed E-state index contributed by atoms with van der Waals surface area (Å²) < 4.78 is 0. The molecule has 1 saturated heterocycles. The Morgan fingerprint density at radius 1 is 1.26 bits per heavy atom. The minimum absolute atomic E-state index is 0. The van der Waals surface area contributed by atoms with Gasteiger partial charge in [-0.05, 0) is 19.3 Å². The first-order valence-corrected chi connectivity index (χ1v) is 8.51. The highest BCUT2D eigenvalue weighted by Crippen LogP contribution is 2.26. The van der Waals surface area contributed by atoms with Crippen LogP contribution < -0.4 is 10.6 Å². The summed E-state index contributed by atoms with van der Waals surface area (Å²) in [6.07, 6.45) is 7.18. The number of guanidine groups is 1. The van der Waals surface area contributed by atoms with E-state index in [1.54, 1.807) is 26.0 Å². The fourth-order valence-electron chi connectivity index (χ4n) is 3.41. The molecule has 23 heavy (non-hydrogen) atoms. The number of amides is 1. The third-order valence-electron chi connectivity index (χ3n) is 4.76. The van der Waals surface area contributed by atoms with Crippen LogP contribution in [0.4, 0.5) is 0 Å². The van der Waals surface area contributed by atoms with Crippen molar-refractivity contribution in [1.29, 1.82) is 0 Å². The number of aliphatic imine (C=N–C) groups is 1. The van der Waals surface area contributed by atoms with Gasteiger partial charge in [-0.2, -0.15) is 0 Å². The number of hydrogen-bond acceptors (Lipinski definition) is 3. The van der Waals surface area contributed by atoms with Crippen LogP contribution in [-0.4, -0.2) is 74.5 Å². The van der Waals surface area contributed by atoms with Gasteiger partial charge in [-0.3, -0.25) is 14.7 Å². The van der Waals surface area contributed by atoms with Crippen LogP contribution >= 0.6 is 24.0 Å². The van der Waals surface area contributed by atoms with Crippen molar-refractivity contribution in [2.45, 2.75) is 50.6 Å². The van der Waals surface area contributed by atoms with Gasteiger partial charge in [0.15, 0.2) is 5.96 Å². The van der Waals surface area contributed by atoms with Crippen molar-refractivity contribution < 1.29 is 4.79 Å². The summed E-state index contributed by atoms with van der Waals surface area (Å²) in [5, 5.41) is 6.73. The van der Waals surface area contributed by atoms with Crippen molar-refractivity contribution in [2.75, 3.05) is 40.8 Å². The smallest absolute Gasteiger partial charge is 0.223 e. The first-order chi connectivity index (χ1) is 10.6. The molecule has 2 N–H and O–H groups in total. The number of nitrogens with one attached hydrogen (secondary N) is 2. The van der Waals surface area contributed by atoms with Gasteiger partial charge in [-0.1, -0.05) is 12.8 Å². The number of nitrogens with zero attached hydrogens (tertiary/aromatic N) is 3. The van der Waals surface area contributed by atoms with Crippen molar-refractivity contribution in [3.05, 3.63) is 0 Å². The second kappa shape index (κ2) is 10.3. The van der Waals surface area contributed by atoms with Gasteiger partial charge in [0.1, 0.15) is 0 Å². The van der Waals surface area contributed by atoms with Crippen LogP contribution in [0.2, 0.25) is 0 Å². The van der Waals surface area contributed by atoms with Crippen molar-refractivity contribution in [1.82, 2.24) is 20.4 Å². The Balaban J connectivity index is 0.00000264. The van der Waals surface area contributed by atoms with Gasteiger partial charge in [-0.15, -0.1) is 24.0 Å². The van der Waals surface area contributed by atoms with E-state index in [-0.39, 0.29) is 29.9 Å². The molecule has 0 spiro atoms. The Labute approximate surface area is 157 Å². The van der Waals surface area contributed by atoms with Crippen molar-refractivity contribution in [2.24, 2.45) is 4.99 Å². The summed E-state index contributed by atoms with van der Waals surface area (Å²) in [5.74, 6) is 0.945. The molecular formula is C16H32IN5O. The van der Waals surface area contributed by atoms with E-state index in [0.29, 0.717) is 19.0 Å². The average Bonchev–Trinajstić information content (AvgIpc) is 3.16. The van der Waals surface area contributed by atoms with Crippen molar-refractivity contribution >= 4 is 35.8 Å². The monoisotopic (exact) mass is 437 g/mol. The number of rotatable bonds is 5. The first kappa shape index (κ1) is 20.5. The summed E-state index contributed by atoms with van der Waals surface area (Å²) in [4.78, 5) is 20.1. The van der Waals surface area contributed by atoms with Crippen LogP contribution in [-0.2, 0) is 4.79 Å². The third-order valence-corrected chi connectivity index (χ3v) is 4.76. The number of carbonyl (C=O) groups is 1. The van der Waals surface area contributed by atoms with Crippen molar-refractivity contribution in [3.8, 4) is 0 Å². The Kier molecular flexibility index (Phi) is 9.19. The van der Waals surface area contributed by atoms with Crippen molar-refractivity contribution in [3.63, 3.8) is 0 Å². The van der Waals surface area contributed by atoms with E-state index < -0.39 is 0 Å². The largest absolute Gasteiger partial charge is 0.356 e. The maximum absolute atomic E-state index is 11.6. The quantitative estimate of drug-likeness (QED) is 0.387. The molecule has 1 atom stereocenters. The molecule has 1 saturated carbocycles. The van der Waals surface area contributed by atoms with Crippen LogP contribution in [0.3, 0.4) is 0 Å². The lowest BCUT2D eigenvalue weighted by Crippen LogP contribution is -2.46.